The van der Waals surface area contributed by atoms with Gasteiger partial charge in [0.2, 0.25) is 0 Å². The number of hydrogen-bond acceptors (Lipinski definition) is 3. The molecule has 0 bridgehead atoms. The van der Waals surface area contributed by atoms with Crippen LogP contribution in [0.15, 0.2) is 84.9 Å². The number of piperazine rings is 1. The van der Waals surface area contributed by atoms with Gasteiger partial charge in [-0.1, -0.05) is 78.9 Å². The van der Waals surface area contributed by atoms with Crippen molar-refractivity contribution in [2.45, 2.75) is 12.6 Å². The molecular formula is C28H32ClN3O. The molecule has 0 aliphatic carbocycles. The van der Waals surface area contributed by atoms with E-state index < -0.39 is 6.10 Å². The Kier molecular flexibility index (Phi) is 7.84. The van der Waals surface area contributed by atoms with Crippen LogP contribution in [0.1, 0.15) is 5.56 Å². The number of benzene rings is 3. The standard InChI is InChI=1S/C28H31N3O.ClH/c32-24(22-31-27-14-6-4-12-25(27)26-13-5-7-15-28(26)31)21-30-19-17-29(18-20-30)16-8-11-23-9-2-1-3-10-23;/h1-15,24,32H,16-22H2;1H/b11-8+;/t24-;/m1./s1. The van der Waals surface area contributed by atoms with E-state index in [2.05, 4.69) is 99.3 Å². The average molecular weight is 462 g/mol. The van der Waals surface area contributed by atoms with E-state index in [1.165, 1.54) is 27.4 Å². The molecule has 0 unspecified atom stereocenters. The summed E-state index contributed by atoms with van der Waals surface area (Å²) >= 11 is 0. The van der Waals surface area contributed by atoms with Gasteiger partial charge in [-0.15, -0.1) is 12.4 Å². The van der Waals surface area contributed by atoms with Crippen LogP contribution in [0.4, 0.5) is 0 Å². The van der Waals surface area contributed by atoms with Crippen molar-refractivity contribution in [3.63, 3.8) is 0 Å². The van der Waals surface area contributed by atoms with Gasteiger partial charge >= 0.3 is 0 Å². The van der Waals surface area contributed by atoms with Crippen LogP contribution in [0.3, 0.4) is 0 Å². The van der Waals surface area contributed by atoms with Gasteiger partial charge in [0.25, 0.3) is 0 Å². The second kappa shape index (κ2) is 11.0. The number of para-hydroxylation sites is 2. The Morgan fingerprint density at radius 1 is 0.697 bits per heavy atom. The number of hydrogen-bond donors (Lipinski definition) is 1. The fourth-order valence-electron chi connectivity index (χ4n) is 4.82. The van der Waals surface area contributed by atoms with Crippen molar-refractivity contribution in [2.24, 2.45) is 0 Å². The summed E-state index contributed by atoms with van der Waals surface area (Å²) in [4.78, 5) is 4.88. The number of rotatable bonds is 7. The van der Waals surface area contributed by atoms with Crippen LogP contribution in [-0.2, 0) is 6.54 Å². The van der Waals surface area contributed by atoms with Crippen molar-refractivity contribution in [2.75, 3.05) is 39.3 Å². The molecule has 1 N–H and O–H groups in total. The fraction of sp³-hybridized carbons (Fsp3) is 0.286. The molecule has 3 aromatic carbocycles. The van der Waals surface area contributed by atoms with Crippen molar-refractivity contribution in [3.8, 4) is 0 Å². The molecule has 1 fully saturated rings. The summed E-state index contributed by atoms with van der Waals surface area (Å²) < 4.78 is 2.28. The van der Waals surface area contributed by atoms with Gasteiger partial charge in [0.05, 0.1) is 12.6 Å². The molecule has 4 aromatic rings. The molecule has 0 radical (unpaired) electrons. The molecule has 0 amide bonds. The summed E-state index contributed by atoms with van der Waals surface area (Å²) in [6.07, 6.45) is 4.06. The normalized spacial score (nSPS) is 16.4. The molecule has 1 atom stereocenters. The number of aromatic nitrogens is 1. The minimum absolute atomic E-state index is 0. The van der Waals surface area contributed by atoms with Crippen molar-refractivity contribution in [1.29, 1.82) is 0 Å². The number of β-amino-alcohol motifs (C(OH)–C–C–N with tert-alkyl or cyclic N) is 1. The largest absolute Gasteiger partial charge is 0.390 e. The lowest BCUT2D eigenvalue weighted by atomic mass is 10.2. The Balaban J connectivity index is 0.00000259. The number of fused-ring (bicyclic) bond motifs is 3. The summed E-state index contributed by atoms with van der Waals surface area (Å²) in [6.45, 7) is 6.41. The van der Waals surface area contributed by atoms with Crippen LogP contribution in [0.25, 0.3) is 27.9 Å². The highest BCUT2D eigenvalue weighted by atomic mass is 35.5. The van der Waals surface area contributed by atoms with Crippen LogP contribution < -0.4 is 0 Å². The third-order valence-electron chi connectivity index (χ3n) is 6.48. The van der Waals surface area contributed by atoms with Crippen LogP contribution in [0.5, 0.6) is 0 Å². The molecular weight excluding hydrogens is 430 g/mol. The number of halogens is 1. The van der Waals surface area contributed by atoms with Gasteiger partial charge in [0, 0.05) is 61.1 Å². The minimum atomic E-state index is -0.390. The van der Waals surface area contributed by atoms with Crippen molar-refractivity contribution in [1.82, 2.24) is 14.4 Å². The van der Waals surface area contributed by atoms with Crippen molar-refractivity contribution >= 4 is 40.3 Å². The highest BCUT2D eigenvalue weighted by molar-refractivity contribution is 6.07. The Morgan fingerprint density at radius 3 is 1.88 bits per heavy atom. The van der Waals surface area contributed by atoms with E-state index in [1.54, 1.807) is 0 Å². The topological polar surface area (TPSA) is 31.6 Å². The number of aliphatic hydroxyl groups is 1. The first-order valence-corrected chi connectivity index (χ1v) is 11.6. The van der Waals surface area contributed by atoms with E-state index in [-0.39, 0.29) is 12.4 Å². The summed E-state index contributed by atoms with van der Waals surface area (Å²) in [5.41, 5.74) is 3.64. The zero-order valence-electron chi connectivity index (χ0n) is 18.9. The third-order valence-corrected chi connectivity index (χ3v) is 6.48. The van der Waals surface area contributed by atoms with Crippen LogP contribution in [0, 0.1) is 0 Å². The Morgan fingerprint density at radius 2 is 1.24 bits per heavy atom. The molecule has 5 heteroatoms. The van der Waals surface area contributed by atoms with E-state index in [9.17, 15) is 5.11 Å². The lowest BCUT2D eigenvalue weighted by Gasteiger charge is -2.35. The maximum absolute atomic E-state index is 10.9. The first-order valence-electron chi connectivity index (χ1n) is 11.6. The Labute approximate surface area is 202 Å². The van der Waals surface area contributed by atoms with Gasteiger partial charge in [-0.05, 0) is 17.7 Å². The quantitative estimate of drug-likeness (QED) is 0.424. The molecule has 1 aliphatic rings. The van der Waals surface area contributed by atoms with Crippen LogP contribution >= 0.6 is 12.4 Å². The SMILES string of the molecule is Cl.O[C@H](CN1CCN(C/C=C/c2ccccc2)CC1)Cn1c2ccccc2c2ccccc21. The van der Waals surface area contributed by atoms with Gasteiger partial charge in [-0.3, -0.25) is 9.80 Å². The summed E-state index contributed by atoms with van der Waals surface area (Å²) in [7, 11) is 0. The molecule has 33 heavy (non-hydrogen) atoms. The van der Waals surface area contributed by atoms with Gasteiger partial charge < -0.3 is 9.67 Å². The molecule has 5 rings (SSSR count). The van der Waals surface area contributed by atoms with Crippen molar-refractivity contribution < 1.29 is 5.11 Å². The third kappa shape index (κ3) is 5.48. The van der Waals surface area contributed by atoms with E-state index in [4.69, 9.17) is 0 Å². The smallest absolute Gasteiger partial charge is 0.0845 e. The molecule has 1 aliphatic heterocycles. The lowest BCUT2D eigenvalue weighted by Crippen LogP contribution is -2.48. The van der Waals surface area contributed by atoms with Crippen molar-refractivity contribution in [3.05, 3.63) is 90.5 Å². The second-order valence-electron chi connectivity index (χ2n) is 8.71. The summed E-state index contributed by atoms with van der Waals surface area (Å²) in [6, 6.07) is 27.4. The zero-order valence-corrected chi connectivity index (χ0v) is 19.7. The predicted molar refractivity (Wildman–Crippen MR) is 141 cm³/mol. The molecule has 1 saturated heterocycles. The van der Waals surface area contributed by atoms with E-state index >= 15 is 0 Å². The van der Waals surface area contributed by atoms with Crippen LogP contribution in [-0.4, -0.2) is 64.8 Å². The highest BCUT2D eigenvalue weighted by Crippen LogP contribution is 2.28. The van der Waals surface area contributed by atoms with Gasteiger partial charge in [-0.25, -0.2) is 0 Å². The van der Waals surface area contributed by atoms with Gasteiger partial charge in [0.15, 0.2) is 0 Å². The Bertz CT molecular complexity index is 1140. The summed E-state index contributed by atoms with van der Waals surface area (Å²) in [5.74, 6) is 0. The van der Waals surface area contributed by atoms with E-state index in [1.807, 2.05) is 6.07 Å². The predicted octanol–water partition coefficient (Wildman–Crippen LogP) is 4.91. The van der Waals surface area contributed by atoms with Gasteiger partial charge in [-0.2, -0.15) is 0 Å². The average Bonchev–Trinajstić information content (AvgIpc) is 3.15. The zero-order chi connectivity index (χ0) is 21.8. The highest BCUT2D eigenvalue weighted by Gasteiger charge is 2.20. The molecule has 172 valence electrons. The van der Waals surface area contributed by atoms with E-state index in [0.717, 1.165) is 32.7 Å². The maximum atomic E-state index is 10.9. The number of aliphatic hydroxyl groups excluding tert-OH is 1. The molecule has 2 heterocycles. The maximum Gasteiger partial charge on any atom is 0.0845 e. The molecule has 1 aromatic heterocycles. The number of nitrogens with zero attached hydrogens (tertiary/aromatic N) is 3. The molecule has 0 spiro atoms. The molecule has 0 saturated carbocycles. The molecule has 4 nitrogen and oxygen atoms in total. The second-order valence-corrected chi connectivity index (χ2v) is 8.71. The fourth-order valence-corrected chi connectivity index (χ4v) is 4.82. The summed E-state index contributed by atoms with van der Waals surface area (Å²) in [5, 5.41) is 13.5. The first-order chi connectivity index (χ1) is 15.8. The monoisotopic (exact) mass is 461 g/mol. The van der Waals surface area contributed by atoms with Crippen LogP contribution in [0.2, 0.25) is 0 Å². The Hall–Kier alpha value is -2.63. The van der Waals surface area contributed by atoms with Gasteiger partial charge in [0.1, 0.15) is 0 Å². The van der Waals surface area contributed by atoms with E-state index in [0.29, 0.717) is 13.1 Å². The first kappa shape index (κ1) is 23.5. The minimum Gasteiger partial charge on any atom is -0.390 e. The lowest BCUT2D eigenvalue weighted by molar-refractivity contribution is 0.0688.